The number of aromatic nitrogens is 1. The second-order valence-corrected chi connectivity index (χ2v) is 3.69. The number of hydrogen-bond donors (Lipinski definition) is 1. The maximum Gasteiger partial charge on any atom is 0.272 e. The van der Waals surface area contributed by atoms with Crippen molar-refractivity contribution in [3.8, 4) is 0 Å². The third-order valence-electron chi connectivity index (χ3n) is 2.05. The first-order chi connectivity index (χ1) is 6.72. The van der Waals surface area contributed by atoms with Gasteiger partial charge in [-0.25, -0.2) is 0 Å². The van der Waals surface area contributed by atoms with Gasteiger partial charge < -0.3 is 4.98 Å². The van der Waals surface area contributed by atoms with E-state index in [4.69, 9.17) is 0 Å². The zero-order valence-corrected chi connectivity index (χ0v) is 8.30. The van der Waals surface area contributed by atoms with Crippen LogP contribution in [-0.4, -0.2) is 16.2 Å². The first-order valence-corrected chi connectivity index (χ1v) is 5.24. The maximum atomic E-state index is 10.6. The van der Waals surface area contributed by atoms with Gasteiger partial charge in [-0.15, -0.1) is 11.8 Å². The standard InChI is InChI=1S/C9H8N2O2S/c1-14-9-5-6(11(12)13)4-8-7(9)2-3-10-8/h2-5,10H,1H3. The molecule has 0 spiro atoms. The topological polar surface area (TPSA) is 58.9 Å². The number of benzene rings is 1. The third kappa shape index (κ3) is 1.35. The van der Waals surface area contributed by atoms with Crippen LogP contribution in [-0.2, 0) is 0 Å². The average molecular weight is 208 g/mol. The zero-order chi connectivity index (χ0) is 10.1. The summed E-state index contributed by atoms with van der Waals surface area (Å²) in [7, 11) is 0. The number of thioether (sulfide) groups is 1. The predicted molar refractivity (Wildman–Crippen MR) is 56.7 cm³/mol. The fraction of sp³-hybridized carbons (Fsp3) is 0.111. The first kappa shape index (κ1) is 9.08. The molecule has 0 aliphatic heterocycles. The molecule has 72 valence electrons. The van der Waals surface area contributed by atoms with Crippen LogP contribution in [0.5, 0.6) is 0 Å². The van der Waals surface area contributed by atoms with Gasteiger partial charge in [-0.3, -0.25) is 10.1 Å². The molecular formula is C9H8N2O2S. The zero-order valence-electron chi connectivity index (χ0n) is 7.48. The van der Waals surface area contributed by atoms with E-state index in [0.29, 0.717) is 0 Å². The van der Waals surface area contributed by atoms with Crippen LogP contribution < -0.4 is 0 Å². The summed E-state index contributed by atoms with van der Waals surface area (Å²) >= 11 is 1.51. The van der Waals surface area contributed by atoms with Gasteiger partial charge in [0.1, 0.15) is 0 Å². The molecule has 0 saturated carbocycles. The van der Waals surface area contributed by atoms with Crippen molar-refractivity contribution in [3.05, 3.63) is 34.5 Å². The van der Waals surface area contributed by atoms with Crippen molar-refractivity contribution in [1.29, 1.82) is 0 Å². The second-order valence-electron chi connectivity index (χ2n) is 2.84. The predicted octanol–water partition coefficient (Wildman–Crippen LogP) is 2.80. The molecule has 0 amide bonds. The van der Waals surface area contributed by atoms with Gasteiger partial charge in [0.05, 0.1) is 10.4 Å². The summed E-state index contributed by atoms with van der Waals surface area (Å²) < 4.78 is 0. The van der Waals surface area contributed by atoms with E-state index in [1.54, 1.807) is 18.3 Å². The SMILES string of the molecule is CSc1cc([N+](=O)[O-])cc2[nH]ccc12. The number of nitrogens with one attached hydrogen (secondary N) is 1. The van der Waals surface area contributed by atoms with Crippen LogP contribution in [0.4, 0.5) is 5.69 Å². The number of nitrogens with zero attached hydrogens (tertiary/aromatic N) is 1. The highest BCUT2D eigenvalue weighted by molar-refractivity contribution is 7.98. The molecular weight excluding hydrogens is 200 g/mol. The molecule has 0 radical (unpaired) electrons. The molecule has 0 aliphatic rings. The minimum Gasteiger partial charge on any atom is -0.361 e. The van der Waals surface area contributed by atoms with Crippen LogP contribution in [0.2, 0.25) is 0 Å². The maximum absolute atomic E-state index is 10.6. The molecule has 14 heavy (non-hydrogen) atoms. The lowest BCUT2D eigenvalue weighted by Gasteiger charge is -1.99. The van der Waals surface area contributed by atoms with E-state index < -0.39 is 0 Å². The molecule has 1 aromatic carbocycles. The molecule has 1 heterocycles. The van der Waals surface area contributed by atoms with Gasteiger partial charge >= 0.3 is 0 Å². The largest absolute Gasteiger partial charge is 0.361 e. The van der Waals surface area contributed by atoms with Crippen molar-refractivity contribution in [1.82, 2.24) is 4.98 Å². The number of nitro benzene ring substituents is 1. The van der Waals surface area contributed by atoms with Crippen LogP contribution in [0.3, 0.4) is 0 Å². The van der Waals surface area contributed by atoms with E-state index in [-0.39, 0.29) is 10.6 Å². The second kappa shape index (κ2) is 3.34. The summed E-state index contributed by atoms with van der Waals surface area (Å²) in [4.78, 5) is 14.1. The number of H-pyrrole nitrogens is 1. The summed E-state index contributed by atoms with van der Waals surface area (Å²) in [5, 5.41) is 11.6. The monoisotopic (exact) mass is 208 g/mol. The van der Waals surface area contributed by atoms with Crippen molar-refractivity contribution >= 4 is 28.4 Å². The van der Waals surface area contributed by atoms with Crippen molar-refractivity contribution in [3.63, 3.8) is 0 Å². The normalized spacial score (nSPS) is 10.6. The van der Waals surface area contributed by atoms with Gasteiger partial charge in [0.15, 0.2) is 0 Å². The lowest BCUT2D eigenvalue weighted by Crippen LogP contribution is -1.88. The Morgan fingerprint density at radius 3 is 2.93 bits per heavy atom. The highest BCUT2D eigenvalue weighted by atomic mass is 32.2. The Morgan fingerprint density at radius 2 is 2.29 bits per heavy atom. The quantitative estimate of drug-likeness (QED) is 0.469. The average Bonchev–Trinajstić information content (AvgIpc) is 2.63. The summed E-state index contributed by atoms with van der Waals surface area (Å²) in [6, 6.07) is 5.07. The third-order valence-corrected chi connectivity index (χ3v) is 2.82. The number of nitro groups is 1. The Morgan fingerprint density at radius 1 is 1.50 bits per heavy atom. The molecule has 0 unspecified atom stereocenters. The van der Waals surface area contributed by atoms with Crippen molar-refractivity contribution in [2.75, 3.05) is 6.26 Å². The van der Waals surface area contributed by atoms with Gasteiger partial charge in [-0.1, -0.05) is 0 Å². The van der Waals surface area contributed by atoms with Crippen LogP contribution in [0.1, 0.15) is 0 Å². The minimum atomic E-state index is -0.375. The Hall–Kier alpha value is -1.49. The summed E-state index contributed by atoms with van der Waals surface area (Å²) in [5.74, 6) is 0. The summed E-state index contributed by atoms with van der Waals surface area (Å²) in [6.07, 6.45) is 3.69. The van der Waals surface area contributed by atoms with Gasteiger partial charge in [0, 0.05) is 28.6 Å². The Balaban J connectivity index is 2.73. The van der Waals surface area contributed by atoms with E-state index in [1.165, 1.54) is 11.8 Å². The van der Waals surface area contributed by atoms with Gasteiger partial charge in [0.25, 0.3) is 5.69 Å². The molecule has 5 heteroatoms. The van der Waals surface area contributed by atoms with Gasteiger partial charge in [-0.05, 0) is 12.3 Å². The highest BCUT2D eigenvalue weighted by Crippen LogP contribution is 2.30. The molecule has 4 nitrogen and oxygen atoms in total. The van der Waals surface area contributed by atoms with E-state index in [0.717, 1.165) is 15.8 Å². The summed E-state index contributed by atoms with van der Waals surface area (Å²) in [6.45, 7) is 0. The lowest BCUT2D eigenvalue weighted by atomic mass is 10.2. The molecule has 1 aromatic heterocycles. The number of rotatable bonds is 2. The number of hydrogen-bond acceptors (Lipinski definition) is 3. The number of non-ortho nitro benzene ring substituents is 1. The Kier molecular flexibility index (Phi) is 2.17. The van der Waals surface area contributed by atoms with Gasteiger partial charge in [-0.2, -0.15) is 0 Å². The van der Waals surface area contributed by atoms with Crippen molar-refractivity contribution in [2.45, 2.75) is 4.90 Å². The number of fused-ring (bicyclic) bond motifs is 1. The van der Waals surface area contributed by atoms with E-state index in [2.05, 4.69) is 4.98 Å². The molecule has 1 N–H and O–H groups in total. The van der Waals surface area contributed by atoms with Crippen molar-refractivity contribution in [2.24, 2.45) is 0 Å². The molecule has 2 aromatic rings. The Labute approximate surface area is 84.5 Å². The smallest absolute Gasteiger partial charge is 0.272 e. The van der Waals surface area contributed by atoms with E-state index in [9.17, 15) is 10.1 Å². The highest BCUT2D eigenvalue weighted by Gasteiger charge is 2.11. The van der Waals surface area contributed by atoms with Crippen LogP contribution in [0, 0.1) is 10.1 Å². The number of aromatic amines is 1. The van der Waals surface area contributed by atoms with E-state index in [1.807, 2.05) is 12.3 Å². The first-order valence-electron chi connectivity index (χ1n) is 4.02. The fourth-order valence-electron chi connectivity index (χ4n) is 1.39. The molecule has 2 rings (SSSR count). The van der Waals surface area contributed by atoms with Crippen LogP contribution in [0.25, 0.3) is 10.9 Å². The summed E-state index contributed by atoms with van der Waals surface area (Å²) in [5.41, 5.74) is 0.938. The molecule has 0 bridgehead atoms. The van der Waals surface area contributed by atoms with Crippen LogP contribution in [0.15, 0.2) is 29.3 Å². The molecule has 0 fully saturated rings. The molecule has 0 atom stereocenters. The van der Waals surface area contributed by atoms with Gasteiger partial charge in [0.2, 0.25) is 0 Å². The van der Waals surface area contributed by atoms with E-state index >= 15 is 0 Å². The van der Waals surface area contributed by atoms with Crippen molar-refractivity contribution < 1.29 is 4.92 Å². The molecule has 0 saturated heterocycles. The van der Waals surface area contributed by atoms with Crippen LogP contribution >= 0.6 is 11.8 Å². The molecule has 0 aliphatic carbocycles. The Bertz CT molecular complexity index is 493. The minimum absolute atomic E-state index is 0.129. The fourth-order valence-corrected chi connectivity index (χ4v) is 2.03. The lowest BCUT2D eigenvalue weighted by molar-refractivity contribution is -0.384.